The summed E-state index contributed by atoms with van der Waals surface area (Å²) in [5.41, 5.74) is 5.50. The summed E-state index contributed by atoms with van der Waals surface area (Å²) in [5.74, 6) is 0.636. The van der Waals surface area contributed by atoms with Crippen LogP contribution in [0.15, 0.2) is 82.7 Å². The Hall–Kier alpha value is -3.71. The summed E-state index contributed by atoms with van der Waals surface area (Å²) in [6.45, 7) is 1.55. The molecule has 0 saturated carbocycles. The number of hydrogen-bond donors (Lipinski definition) is 0. The molecule has 2 aromatic heterocycles. The van der Waals surface area contributed by atoms with Gasteiger partial charge in [-0.2, -0.15) is 21.5 Å². The van der Waals surface area contributed by atoms with Gasteiger partial charge in [-0.3, -0.25) is 4.79 Å². The lowest BCUT2D eigenvalue weighted by Gasteiger charge is -2.20. The second kappa shape index (κ2) is 8.43. The molecule has 1 amide bonds. The summed E-state index contributed by atoms with van der Waals surface area (Å²) in [4.78, 5) is 12.6. The molecule has 1 aliphatic heterocycles. The molecule has 1 unspecified atom stereocenters. The van der Waals surface area contributed by atoms with E-state index in [2.05, 4.69) is 10.5 Å². The predicted octanol–water partition coefficient (Wildman–Crippen LogP) is 5.31. The van der Waals surface area contributed by atoms with E-state index in [1.54, 1.807) is 30.4 Å². The van der Waals surface area contributed by atoms with Crippen LogP contribution < -0.4 is 4.74 Å². The number of amides is 1. The molecule has 0 saturated heterocycles. The van der Waals surface area contributed by atoms with Gasteiger partial charge in [-0.15, -0.1) is 0 Å². The highest BCUT2D eigenvalue weighted by Crippen LogP contribution is 2.40. The molecule has 0 N–H and O–H groups in total. The van der Waals surface area contributed by atoms with Gasteiger partial charge in [0.25, 0.3) is 0 Å². The molecular weight excluding hydrogens is 420 g/mol. The third kappa shape index (κ3) is 3.61. The fraction of sp³-hybridized carbons (Fsp3) is 0.160. The Bertz CT molecular complexity index is 1280. The molecule has 0 aliphatic carbocycles. The molecule has 0 fully saturated rings. The zero-order valence-corrected chi connectivity index (χ0v) is 18.6. The first-order valence-electron chi connectivity index (χ1n) is 10.3. The average Bonchev–Trinajstić information content (AvgIpc) is 3.58. The highest BCUT2D eigenvalue weighted by atomic mass is 32.1. The first kappa shape index (κ1) is 20.2. The van der Waals surface area contributed by atoms with Crippen LogP contribution in [0.5, 0.6) is 5.75 Å². The zero-order valence-electron chi connectivity index (χ0n) is 17.8. The third-order valence-corrected chi connectivity index (χ3v) is 6.25. The maximum Gasteiger partial charge on any atom is 0.240 e. The second-order valence-corrected chi connectivity index (χ2v) is 8.34. The standard InChI is InChI=1S/C25H22N4O2S/c1-17(30)29-23(14-22(26-29)18-12-13-32-16-18)21-15-28(19-8-4-3-5-9-19)27-25(21)20-10-6-7-11-24(20)31-2/h3-13,15-16,23H,14H2,1-2H3. The van der Waals surface area contributed by atoms with E-state index < -0.39 is 0 Å². The molecule has 3 heterocycles. The molecule has 4 aromatic rings. The monoisotopic (exact) mass is 442 g/mol. The number of rotatable bonds is 5. The fourth-order valence-electron chi connectivity index (χ4n) is 4.04. The quantitative estimate of drug-likeness (QED) is 0.421. The minimum atomic E-state index is -0.250. The highest BCUT2D eigenvalue weighted by molar-refractivity contribution is 7.08. The number of para-hydroxylation sites is 2. The lowest BCUT2D eigenvalue weighted by atomic mass is 9.97. The summed E-state index contributed by atoms with van der Waals surface area (Å²) < 4.78 is 7.49. The van der Waals surface area contributed by atoms with Crippen LogP contribution in [0.25, 0.3) is 16.9 Å². The van der Waals surface area contributed by atoms with E-state index in [1.165, 1.54) is 0 Å². The Morgan fingerprint density at radius 3 is 2.59 bits per heavy atom. The molecule has 0 bridgehead atoms. The Labute approximate surface area is 190 Å². The van der Waals surface area contributed by atoms with Crippen LogP contribution in [-0.2, 0) is 4.79 Å². The van der Waals surface area contributed by atoms with Gasteiger partial charge < -0.3 is 4.74 Å². The molecule has 5 rings (SSSR count). The van der Waals surface area contributed by atoms with Crippen molar-refractivity contribution in [3.8, 4) is 22.7 Å². The Morgan fingerprint density at radius 2 is 1.88 bits per heavy atom. The number of hydrazone groups is 1. The van der Waals surface area contributed by atoms with Crippen LogP contribution in [0.2, 0.25) is 0 Å². The molecule has 1 aliphatic rings. The number of thiophene rings is 1. The summed E-state index contributed by atoms with van der Waals surface area (Å²) >= 11 is 1.62. The molecule has 0 spiro atoms. The summed E-state index contributed by atoms with van der Waals surface area (Å²) in [7, 11) is 1.65. The van der Waals surface area contributed by atoms with Crippen LogP contribution in [0, 0.1) is 0 Å². The topological polar surface area (TPSA) is 59.7 Å². The Balaban J connectivity index is 1.66. The number of aromatic nitrogens is 2. The maximum atomic E-state index is 12.6. The van der Waals surface area contributed by atoms with Crippen molar-refractivity contribution in [3.63, 3.8) is 0 Å². The van der Waals surface area contributed by atoms with Crippen molar-refractivity contribution >= 4 is 23.0 Å². The smallest absolute Gasteiger partial charge is 0.240 e. The van der Waals surface area contributed by atoms with Gasteiger partial charge in [-0.05, 0) is 41.1 Å². The van der Waals surface area contributed by atoms with Gasteiger partial charge in [0.1, 0.15) is 11.4 Å². The van der Waals surface area contributed by atoms with Crippen molar-refractivity contribution in [1.82, 2.24) is 14.8 Å². The minimum absolute atomic E-state index is 0.0985. The fourth-order valence-corrected chi connectivity index (χ4v) is 4.70. The van der Waals surface area contributed by atoms with E-state index in [0.29, 0.717) is 6.42 Å². The van der Waals surface area contributed by atoms with Crippen LogP contribution in [0.3, 0.4) is 0 Å². The number of nitrogens with zero attached hydrogens (tertiary/aromatic N) is 4. The van der Waals surface area contributed by atoms with Gasteiger partial charge in [0.2, 0.25) is 5.91 Å². The van der Waals surface area contributed by atoms with Gasteiger partial charge in [0.05, 0.1) is 24.6 Å². The van der Waals surface area contributed by atoms with Crippen molar-refractivity contribution in [3.05, 3.63) is 88.7 Å². The highest BCUT2D eigenvalue weighted by Gasteiger charge is 2.35. The van der Waals surface area contributed by atoms with E-state index >= 15 is 0 Å². The lowest BCUT2D eigenvalue weighted by molar-refractivity contribution is -0.130. The van der Waals surface area contributed by atoms with Crippen LogP contribution in [0.4, 0.5) is 0 Å². The molecule has 2 aromatic carbocycles. The summed E-state index contributed by atoms with van der Waals surface area (Å²) in [5, 5.41) is 15.3. The van der Waals surface area contributed by atoms with Crippen LogP contribution >= 0.6 is 11.3 Å². The Morgan fingerprint density at radius 1 is 1.09 bits per heavy atom. The molecule has 0 radical (unpaired) electrons. The second-order valence-electron chi connectivity index (χ2n) is 7.56. The molecule has 160 valence electrons. The lowest BCUT2D eigenvalue weighted by Crippen LogP contribution is -2.24. The number of hydrogen-bond acceptors (Lipinski definition) is 5. The Kier molecular flexibility index (Phi) is 5.33. The van der Waals surface area contributed by atoms with Gasteiger partial charge in [0.15, 0.2) is 0 Å². The first-order chi connectivity index (χ1) is 15.7. The van der Waals surface area contributed by atoms with Gasteiger partial charge in [0, 0.05) is 36.2 Å². The van der Waals surface area contributed by atoms with Gasteiger partial charge >= 0.3 is 0 Å². The first-order valence-corrected chi connectivity index (χ1v) is 11.3. The van der Waals surface area contributed by atoms with E-state index in [0.717, 1.165) is 39.5 Å². The number of ether oxygens (including phenoxy) is 1. The molecule has 6 nitrogen and oxygen atoms in total. The minimum Gasteiger partial charge on any atom is -0.496 e. The zero-order chi connectivity index (χ0) is 22.1. The number of benzene rings is 2. The van der Waals surface area contributed by atoms with Crippen LogP contribution in [0.1, 0.15) is 30.5 Å². The molecule has 7 heteroatoms. The summed E-state index contributed by atoms with van der Waals surface area (Å²) in [6, 6.07) is 19.6. The molecule has 32 heavy (non-hydrogen) atoms. The van der Waals surface area contributed by atoms with Crippen molar-refractivity contribution < 1.29 is 9.53 Å². The van der Waals surface area contributed by atoms with E-state index in [9.17, 15) is 4.79 Å². The van der Waals surface area contributed by atoms with E-state index in [1.807, 2.05) is 76.9 Å². The van der Waals surface area contributed by atoms with E-state index in [-0.39, 0.29) is 11.9 Å². The van der Waals surface area contributed by atoms with Crippen molar-refractivity contribution in [1.29, 1.82) is 0 Å². The SMILES string of the molecule is COc1ccccc1-c1nn(-c2ccccc2)cc1C1CC(c2ccsc2)=NN1C(C)=O. The van der Waals surface area contributed by atoms with Gasteiger partial charge in [-0.25, -0.2) is 9.69 Å². The van der Waals surface area contributed by atoms with E-state index in [4.69, 9.17) is 9.84 Å². The molecular formula is C25H22N4O2S. The molecule has 1 atom stereocenters. The maximum absolute atomic E-state index is 12.6. The normalized spacial score (nSPS) is 15.6. The van der Waals surface area contributed by atoms with Crippen LogP contribution in [-0.4, -0.2) is 33.5 Å². The van der Waals surface area contributed by atoms with Crippen molar-refractivity contribution in [2.24, 2.45) is 5.10 Å². The van der Waals surface area contributed by atoms with Crippen molar-refractivity contribution in [2.45, 2.75) is 19.4 Å². The van der Waals surface area contributed by atoms with Gasteiger partial charge in [-0.1, -0.05) is 30.3 Å². The average molecular weight is 443 g/mol. The number of methoxy groups -OCH3 is 1. The largest absolute Gasteiger partial charge is 0.496 e. The third-order valence-electron chi connectivity index (χ3n) is 5.57. The number of carbonyl (C=O) groups excluding carboxylic acids is 1. The van der Waals surface area contributed by atoms with Crippen molar-refractivity contribution in [2.75, 3.05) is 7.11 Å². The summed E-state index contributed by atoms with van der Waals surface area (Å²) in [6.07, 6.45) is 2.63. The number of carbonyl (C=O) groups is 1. The predicted molar refractivity (Wildman–Crippen MR) is 126 cm³/mol.